The lowest BCUT2D eigenvalue weighted by Gasteiger charge is -2.40. The number of fused-ring (bicyclic) bond motifs is 1. The minimum absolute atomic E-state index is 0.0619. The number of hydrogen-bond acceptors (Lipinski definition) is 4. The van der Waals surface area contributed by atoms with Crippen LogP contribution in [-0.2, 0) is 6.54 Å². The van der Waals surface area contributed by atoms with Crippen molar-refractivity contribution < 1.29 is 22.7 Å². The molecular weight excluding hydrogens is 481 g/mol. The predicted molar refractivity (Wildman–Crippen MR) is 131 cm³/mol. The fourth-order valence-corrected chi connectivity index (χ4v) is 5.97. The zero-order chi connectivity index (χ0) is 25.7. The molecule has 2 aromatic carbocycles. The summed E-state index contributed by atoms with van der Waals surface area (Å²) in [5.74, 6) is 0.342. The summed E-state index contributed by atoms with van der Waals surface area (Å²) in [4.78, 5) is 18.3. The summed E-state index contributed by atoms with van der Waals surface area (Å²) in [6, 6.07) is 16.2. The number of para-hydroxylation sites is 1. The molecule has 6 nitrogen and oxygen atoms in total. The summed E-state index contributed by atoms with van der Waals surface area (Å²) in [5, 5.41) is 4.76. The van der Waals surface area contributed by atoms with Crippen molar-refractivity contribution in [2.24, 2.45) is 5.92 Å². The van der Waals surface area contributed by atoms with E-state index in [0.29, 0.717) is 18.2 Å². The molecule has 1 saturated carbocycles. The SMILES string of the molecule is Cc1nn(-c2ccccc2)c2c1C(C1CC1)N(C1CCN(Cc3cccc(OC(F)(F)F)c3)CC1)C2=O. The number of ether oxygens (including phenoxy) is 1. The van der Waals surface area contributed by atoms with E-state index in [4.69, 9.17) is 5.10 Å². The fraction of sp³-hybridized carbons (Fsp3) is 0.429. The zero-order valence-electron chi connectivity index (χ0n) is 20.6. The van der Waals surface area contributed by atoms with Gasteiger partial charge in [0.2, 0.25) is 0 Å². The van der Waals surface area contributed by atoms with Crippen molar-refractivity contribution in [3.8, 4) is 11.4 Å². The lowest BCUT2D eigenvalue weighted by Crippen LogP contribution is -2.47. The number of piperidine rings is 1. The van der Waals surface area contributed by atoms with E-state index < -0.39 is 6.36 Å². The Morgan fingerprint density at radius 3 is 2.41 bits per heavy atom. The van der Waals surface area contributed by atoms with Gasteiger partial charge in [0.1, 0.15) is 11.4 Å². The number of likely N-dealkylation sites (tertiary alicyclic amines) is 1. The molecule has 0 radical (unpaired) electrons. The van der Waals surface area contributed by atoms with Crippen molar-refractivity contribution in [1.29, 1.82) is 0 Å². The second-order valence-corrected chi connectivity index (χ2v) is 10.3. The molecule has 3 aliphatic rings. The number of amides is 1. The highest BCUT2D eigenvalue weighted by Gasteiger charge is 2.51. The van der Waals surface area contributed by atoms with Crippen LogP contribution in [0.2, 0.25) is 0 Å². The summed E-state index contributed by atoms with van der Waals surface area (Å²) in [7, 11) is 0. The van der Waals surface area contributed by atoms with Gasteiger partial charge in [0.25, 0.3) is 5.91 Å². The van der Waals surface area contributed by atoms with Crippen LogP contribution in [0.3, 0.4) is 0 Å². The van der Waals surface area contributed by atoms with Gasteiger partial charge in [-0.3, -0.25) is 9.69 Å². The minimum Gasteiger partial charge on any atom is -0.406 e. The van der Waals surface area contributed by atoms with Crippen molar-refractivity contribution in [3.05, 3.63) is 77.1 Å². The number of rotatable bonds is 6. The highest BCUT2D eigenvalue weighted by molar-refractivity contribution is 5.99. The summed E-state index contributed by atoms with van der Waals surface area (Å²) in [6.07, 6.45) is -0.797. The molecule has 0 spiro atoms. The Balaban J connectivity index is 1.18. The number of aromatic nitrogens is 2. The summed E-state index contributed by atoms with van der Waals surface area (Å²) >= 11 is 0. The van der Waals surface area contributed by atoms with Gasteiger partial charge in [-0.1, -0.05) is 30.3 Å². The van der Waals surface area contributed by atoms with E-state index in [0.717, 1.165) is 61.3 Å². The van der Waals surface area contributed by atoms with Crippen LogP contribution in [0, 0.1) is 12.8 Å². The van der Waals surface area contributed by atoms with Crippen LogP contribution >= 0.6 is 0 Å². The van der Waals surface area contributed by atoms with Gasteiger partial charge in [0.15, 0.2) is 0 Å². The third kappa shape index (κ3) is 4.72. The first-order valence-corrected chi connectivity index (χ1v) is 12.8. The van der Waals surface area contributed by atoms with E-state index in [2.05, 4.69) is 14.5 Å². The quantitative estimate of drug-likeness (QED) is 0.430. The largest absolute Gasteiger partial charge is 0.573 e. The Kier molecular flexibility index (Phi) is 5.98. The number of halogens is 3. The maximum Gasteiger partial charge on any atom is 0.573 e. The summed E-state index contributed by atoms with van der Waals surface area (Å²) in [6.45, 7) is 4.10. The van der Waals surface area contributed by atoms with Gasteiger partial charge in [-0.05, 0) is 68.4 Å². The highest BCUT2D eigenvalue weighted by Crippen LogP contribution is 2.52. The molecular formula is C28H29F3N4O2. The van der Waals surface area contributed by atoms with E-state index in [9.17, 15) is 18.0 Å². The molecule has 37 heavy (non-hydrogen) atoms. The van der Waals surface area contributed by atoms with E-state index in [1.807, 2.05) is 48.0 Å². The minimum atomic E-state index is -4.70. The monoisotopic (exact) mass is 510 g/mol. The molecule has 1 aromatic heterocycles. The third-order valence-electron chi connectivity index (χ3n) is 7.70. The molecule has 9 heteroatoms. The van der Waals surface area contributed by atoms with Crippen LogP contribution in [0.4, 0.5) is 13.2 Å². The first kappa shape index (κ1) is 24.0. The smallest absolute Gasteiger partial charge is 0.406 e. The van der Waals surface area contributed by atoms with Crippen molar-refractivity contribution in [1.82, 2.24) is 19.6 Å². The molecule has 1 unspecified atom stereocenters. The van der Waals surface area contributed by atoms with Crippen molar-refractivity contribution in [2.75, 3.05) is 13.1 Å². The van der Waals surface area contributed by atoms with Crippen molar-refractivity contribution >= 4 is 5.91 Å². The number of hydrogen-bond donors (Lipinski definition) is 0. The average Bonchev–Trinajstić information content (AvgIpc) is 3.58. The van der Waals surface area contributed by atoms with Gasteiger partial charge < -0.3 is 9.64 Å². The maximum absolute atomic E-state index is 13.9. The Hall–Kier alpha value is -3.33. The predicted octanol–water partition coefficient (Wildman–Crippen LogP) is 5.65. The lowest BCUT2D eigenvalue weighted by atomic mass is 9.98. The van der Waals surface area contributed by atoms with Gasteiger partial charge in [0.05, 0.1) is 17.4 Å². The van der Waals surface area contributed by atoms with Crippen LogP contribution in [0.15, 0.2) is 54.6 Å². The van der Waals surface area contributed by atoms with Crippen LogP contribution in [0.1, 0.15) is 59.0 Å². The van der Waals surface area contributed by atoms with Gasteiger partial charge in [-0.15, -0.1) is 13.2 Å². The molecule has 2 aliphatic heterocycles. The summed E-state index contributed by atoms with van der Waals surface area (Å²) in [5.41, 5.74) is 4.37. The van der Waals surface area contributed by atoms with Crippen LogP contribution in [-0.4, -0.2) is 51.0 Å². The molecule has 1 atom stereocenters. The first-order valence-electron chi connectivity index (χ1n) is 12.8. The Labute approximate surface area is 213 Å². The summed E-state index contributed by atoms with van der Waals surface area (Å²) < 4.78 is 43.7. The van der Waals surface area contributed by atoms with Crippen molar-refractivity contribution in [2.45, 2.75) is 57.6 Å². The number of nitrogens with zero attached hydrogens (tertiary/aromatic N) is 4. The molecule has 2 fully saturated rings. The van der Waals surface area contributed by atoms with Crippen LogP contribution < -0.4 is 4.74 Å². The Morgan fingerprint density at radius 2 is 1.73 bits per heavy atom. The van der Waals surface area contributed by atoms with E-state index in [-0.39, 0.29) is 23.7 Å². The molecule has 1 saturated heterocycles. The number of benzene rings is 2. The maximum atomic E-state index is 13.9. The van der Waals surface area contributed by atoms with Gasteiger partial charge in [0, 0.05) is 31.2 Å². The Bertz CT molecular complexity index is 1290. The van der Waals surface area contributed by atoms with Crippen molar-refractivity contribution in [3.63, 3.8) is 0 Å². The van der Waals surface area contributed by atoms with Crippen LogP contribution in [0.25, 0.3) is 5.69 Å². The molecule has 1 amide bonds. The zero-order valence-corrected chi connectivity index (χ0v) is 20.6. The van der Waals surface area contributed by atoms with Gasteiger partial charge in [-0.25, -0.2) is 4.68 Å². The number of carbonyl (C=O) groups excluding carboxylic acids is 1. The van der Waals surface area contributed by atoms with Crippen LogP contribution in [0.5, 0.6) is 5.75 Å². The third-order valence-corrected chi connectivity index (χ3v) is 7.70. The van der Waals surface area contributed by atoms with E-state index in [1.54, 1.807) is 6.07 Å². The molecule has 0 N–H and O–H groups in total. The van der Waals surface area contributed by atoms with E-state index >= 15 is 0 Å². The molecule has 1 aliphatic carbocycles. The topological polar surface area (TPSA) is 50.6 Å². The molecule has 194 valence electrons. The lowest BCUT2D eigenvalue weighted by molar-refractivity contribution is -0.274. The highest BCUT2D eigenvalue weighted by atomic mass is 19.4. The number of alkyl halides is 3. The number of carbonyl (C=O) groups is 1. The Morgan fingerprint density at radius 1 is 1.00 bits per heavy atom. The molecule has 6 rings (SSSR count). The van der Waals surface area contributed by atoms with E-state index in [1.165, 1.54) is 12.1 Å². The first-order chi connectivity index (χ1) is 17.8. The normalized spacial score (nSPS) is 20.9. The van der Waals surface area contributed by atoms with Gasteiger partial charge in [-0.2, -0.15) is 5.10 Å². The fourth-order valence-electron chi connectivity index (χ4n) is 5.97. The number of aryl methyl sites for hydroxylation is 1. The second kappa shape index (κ2) is 9.20. The molecule has 3 aromatic rings. The van der Waals surface area contributed by atoms with Gasteiger partial charge >= 0.3 is 6.36 Å². The average molecular weight is 511 g/mol. The molecule has 3 heterocycles. The standard InChI is InChI=1S/C28H29F3N4O2/c1-18-24-25(20-10-11-20)34(27(36)26(24)35(32-18)22-7-3-2-4-8-22)21-12-14-33(15-13-21)17-19-6-5-9-23(16-19)37-28(29,30)31/h2-9,16,20-21,25H,10-15,17H2,1H3. The molecule has 0 bridgehead atoms. The second-order valence-electron chi connectivity index (χ2n) is 10.3.